The predicted octanol–water partition coefficient (Wildman–Crippen LogP) is 6.81. The molecular formula is C24H18O. The third-order valence-electron chi connectivity index (χ3n) is 4.14. The van der Waals surface area contributed by atoms with Gasteiger partial charge in [0.15, 0.2) is 0 Å². The molecular weight excluding hydrogens is 304 g/mol. The SMILES string of the molecule is c1ccc(Oc2ccc(-c3ccccc3)cc2-c2ccccc2)cc1. The van der Waals surface area contributed by atoms with Gasteiger partial charge in [-0.3, -0.25) is 0 Å². The van der Waals surface area contributed by atoms with Gasteiger partial charge in [-0.25, -0.2) is 0 Å². The van der Waals surface area contributed by atoms with Gasteiger partial charge in [-0.15, -0.1) is 0 Å². The lowest BCUT2D eigenvalue weighted by Crippen LogP contribution is -1.89. The second-order valence-corrected chi connectivity index (χ2v) is 5.86. The summed E-state index contributed by atoms with van der Waals surface area (Å²) in [6.45, 7) is 0. The number of para-hydroxylation sites is 1. The van der Waals surface area contributed by atoms with Gasteiger partial charge in [0.1, 0.15) is 11.5 Å². The van der Waals surface area contributed by atoms with Crippen molar-refractivity contribution in [3.05, 3.63) is 109 Å². The lowest BCUT2D eigenvalue weighted by atomic mass is 9.98. The van der Waals surface area contributed by atoms with Crippen molar-refractivity contribution in [3.8, 4) is 33.8 Å². The Morgan fingerprint density at radius 3 is 1.64 bits per heavy atom. The Bertz CT molecular complexity index is 945. The zero-order chi connectivity index (χ0) is 16.9. The van der Waals surface area contributed by atoms with Crippen molar-refractivity contribution < 1.29 is 4.74 Å². The highest BCUT2D eigenvalue weighted by molar-refractivity contribution is 5.78. The van der Waals surface area contributed by atoms with Crippen molar-refractivity contribution >= 4 is 0 Å². The standard InChI is InChI=1S/C24H18O/c1-4-10-19(11-5-1)21-16-17-24(25-22-14-8-3-9-15-22)23(18-21)20-12-6-2-7-13-20/h1-18H. The fraction of sp³-hybridized carbons (Fsp3) is 0. The Balaban J connectivity index is 1.81. The number of benzene rings is 4. The van der Waals surface area contributed by atoms with E-state index in [1.807, 2.05) is 42.5 Å². The van der Waals surface area contributed by atoms with Crippen molar-refractivity contribution in [2.45, 2.75) is 0 Å². The number of hydrogen-bond acceptors (Lipinski definition) is 1. The van der Waals surface area contributed by atoms with Gasteiger partial charge in [-0.2, -0.15) is 0 Å². The van der Waals surface area contributed by atoms with E-state index in [2.05, 4.69) is 66.7 Å². The quantitative estimate of drug-likeness (QED) is 0.401. The summed E-state index contributed by atoms with van der Waals surface area (Å²) >= 11 is 0. The van der Waals surface area contributed by atoms with Crippen LogP contribution in [0, 0.1) is 0 Å². The Morgan fingerprint density at radius 1 is 0.440 bits per heavy atom. The van der Waals surface area contributed by atoms with E-state index in [4.69, 9.17) is 4.74 Å². The van der Waals surface area contributed by atoms with Crippen LogP contribution in [0.2, 0.25) is 0 Å². The first-order valence-electron chi connectivity index (χ1n) is 8.38. The molecule has 0 aliphatic heterocycles. The average molecular weight is 322 g/mol. The molecule has 25 heavy (non-hydrogen) atoms. The van der Waals surface area contributed by atoms with Crippen molar-refractivity contribution in [1.29, 1.82) is 0 Å². The molecule has 1 heteroatoms. The van der Waals surface area contributed by atoms with Gasteiger partial charge < -0.3 is 4.74 Å². The number of rotatable bonds is 4. The van der Waals surface area contributed by atoms with Gasteiger partial charge in [-0.05, 0) is 41.0 Å². The van der Waals surface area contributed by atoms with E-state index >= 15 is 0 Å². The molecule has 0 heterocycles. The Morgan fingerprint density at radius 2 is 1.00 bits per heavy atom. The fourth-order valence-corrected chi connectivity index (χ4v) is 2.89. The molecule has 0 saturated carbocycles. The first kappa shape index (κ1) is 15.2. The molecule has 0 aliphatic carbocycles. The Hall–Kier alpha value is -3.32. The van der Waals surface area contributed by atoms with E-state index in [-0.39, 0.29) is 0 Å². The molecule has 0 amide bonds. The van der Waals surface area contributed by atoms with Crippen molar-refractivity contribution in [3.63, 3.8) is 0 Å². The molecule has 0 N–H and O–H groups in total. The van der Waals surface area contributed by atoms with Crippen molar-refractivity contribution in [2.75, 3.05) is 0 Å². The van der Waals surface area contributed by atoms with E-state index in [0.717, 1.165) is 22.6 Å². The molecule has 0 radical (unpaired) electrons. The molecule has 4 aromatic carbocycles. The van der Waals surface area contributed by atoms with Gasteiger partial charge in [-0.1, -0.05) is 84.9 Å². The smallest absolute Gasteiger partial charge is 0.135 e. The summed E-state index contributed by atoms with van der Waals surface area (Å²) in [5, 5.41) is 0. The normalized spacial score (nSPS) is 10.4. The van der Waals surface area contributed by atoms with Crippen LogP contribution < -0.4 is 4.74 Å². The maximum atomic E-state index is 6.15. The zero-order valence-electron chi connectivity index (χ0n) is 13.8. The highest BCUT2D eigenvalue weighted by Gasteiger charge is 2.10. The first-order valence-corrected chi connectivity index (χ1v) is 8.38. The van der Waals surface area contributed by atoms with Gasteiger partial charge in [0.25, 0.3) is 0 Å². The summed E-state index contributed by atoms with van der Waals surface area (Å²) in [5.41, 5.74) is 4.61. The monoisotopic (exact) mass is 322 g/mol. The Labute approximate surface area is 148 Å². The van der Waals surface area contributed by atoms with Crippen LogP contribution in [0.4, 0.5) is 0 Å². The molecule has 0 fully saturated rings. The highest BCUT2D eigenvalue weighted by atomic mass is 16.5. The van der Waals surface area contributed by atoms with Crippen LogP contribution in [0.15, 0.2) is 109 Å². The third-order valence-corrected chi connectivity index (χ3v) is 4.14. The van der Waals surface area contributed by atoms with Crippen LogP contribution in [0.1, 0.15) is 0 Å². The van der Waals surface area contributed by atoms with Gasteiger partial charge >= 0.3 is 0 Å². The van der Waals surface area contributed by atoms with Crippen LogP contribution in [-0.4, -0.2) is 0 Å². The molecule has 1 nitrogen and oxygen atoms in total. The van der Waals surface area contributed by atoms with E-state index in [1.54, 1.807) is 0 Å². The lowest BCUT2D eigenvalue weighted by Gasteiger charge is -2.13. The molecule has 0 unspecified atom stereocenters. The van der Waals surface area contributed by atoms with Crippen LogP contribution >= 0.6 is 0 Å². The van der Waals surface area contributed by atoms with Crippen LogP contribution in [0.25, 0.3) is 22.3 Å². The number of ether oxygens (including phenoxy) is 1. The van der Waals surface area contributed by atoms with Gasteiger partial charge in [0, 0.05) is 5.56 Å². The van der Waals surface area contributed by atoms with E-state index in [1.165, 1.54) is 11.1 Å². The minimum atomic E-state index is 0.840. The molecule has 0 aromatic heterocycles. The fourth-order valence-electron chi connectivity index (χ4n) is 2.89. The minimum absolute atomic E-state index is 0.840. The largest absolute Gasteiger partial charge is 0.457 e. The van der Waals surface area contributed by atoms with Gasteiger partial charge in [0.05, 0.1) is 0 Å². The first-order chi connectivity index (χ1) is 12.4. The summed E-state index contributed by atoms with van der Waals surface area (Å²) in [5.74, 6) is 1.70. The lowest BCUT2D eigenvalue weighted by molar-refractivity contribution is 0.484. The average Bonchev–Trinajstić information content (AvgIpc) is 2.70. The van der Waals surface area contributed by atoms with E-state index in [0.29, 0.717) is 0 Å². The van der Waals surface area contributed by atoms with E-state index < -0.39 is 0 Å². The molecule has 120 valence electrons. The van der Waals surface area contributed by atoms with Crippen molar-refractivity contribution in [2.24, 2.45) is 0 Å². The maximum Gasteiger partial charge on any atom is 0.135 e. The van der Waals surface area contributed by atoms with Crippen LogP contribution in [0.5, 0.6) is 11.5 Å². The van der Waals surface area contributed by atoms with Crippen LogP contribution in [0.3, 0.4) is 0 Å². The number of hydrogen-bond donors (Lipinski definition) is 0. The highest BCUT2D eigenvalue weighted by Crippen LogP contribution is 2.36. The topological polar surface area (TPSA) is 9.23 Å². The summed E-state index contributed by atoms with van der Waals surface area (Å²) in [4.78, 5) is 0. The summed E-state index contributed by atoms with van der Waals surface area (Å²) in [6.07, 6.45) is 0. The van der Waals surface area contributed by atoms with E-state index in [9.17, 15) is 0 Å². The molecule has 0 aliphatic rings. The Kier molecular flexibility index (Phi) is 4.30. The summed E-state index contributed by atoms with van der Waals surface area (Å²) < 4.78 is 6.15. The molecule has 0 spiro atoms. The maximum absolute atomic E-state index is 6.15. The van der Waals surface area contributed by atoms with Crippen LogP contribution in [-0.2, 0) is 0 Å². The molecule has 4 aromatic rings. The minimum Gasteiger partial charge on any atom is -0.457 e. The summed E-state index contributed by atoms with van der Waals surface area (Å²) in [7, 11) is 0. The van der Waals surface area contributed by atoms with Gasteiger partial charge in [0.2, 0.25) is 0 Å². The second-order valence-electron chi connectivity index (χ2n) is 5.86. The molecule has 0 saturated heterocycles. The molecule has 4 rings (SSSR count). The summed E-state index contributed by atoms with van der Waals surface area (Å²) in [6, 6.07) is 37.0. The molecule has 0 bridgehead atoms. The predicted molar refractivity (Wildman–Crippen MR) is 104 cm³/mol. The van der Waals surface area contributed by atoms with Crippen molar-refractivity contribution in [1.82, 2.24) is 0 Å². The zero-order valence-corrected chi connectivity index (χ0v) is 13.8. The third kappa shape index (κ3) is 3.46. The molecule has 0 atom stereocenters. The second kappa shape index (κ2) is 7.06.